The monoisotopic (exact) mass is 432 g/mol. The van der Waals surface area contributed by atoms with Crippen LogP contribution in [0, 0.1) is 0 Å². The predicted octanol–water partition coefficient (Wildman–Crippen LogP) is 5.98. The molecule has 0 aliphatic heterocycles. The number of hydrogen-bond donors (Lipinski definition) is 1. The Morgan fingerprint density at radius 3 is 2.43 bits per heavy atom. The van der Waals surface area contributed by atoms with Crippen molar-refractivity contribution in [3.8, 4) is 0 Å². The zero-order valence-electron chi connectivity index (χ0n) is 12.0. The molecule has 0 aromatic heterocycles. The number of thioether (sulfide) groups is 1. The number of nitrogens with zero attached hydrogens (tertiary/aromatic N) is 1. The first kappa shape index (κ1) is 18.3. The molecule has 0 saturated carbocycles. The third-order valence-corrected chi connectivity index (χ3v) is 3.72. The number of aliphatic imine (C=N–C) groups is 1. The van der Waals surface area contributed by atoms with Crippen LogP contribution in [0.1, 0.15) is 12.5 Å². The molecule has 0 aliphatic carbocycles. The topological polar surface area (TPSA) is 24.4 Å². The molecule has 0 radical (unpaired) electrons. The van der Waals surface area contributed by atoms with Crippen LogP contribution >= 0.6 is 47.3 Å². The van der Waals surface area contributed by atoms with Crippen molar-refractivity contribution in [3.05, 3.63) is 59.1 Å². The van der Waals surface area contributed by atoms with Gasteiger partial charge in [0, 0.05) is 10.7 Å². The van der Waals surface area contributed by atoms with Crippen LogP contribution in [0.3, 0.4) is 0 Å². The largest absolute Gasteiger partial charge is 0.335 e. The second-order valence-corrected chi connectivity index (χ2v) is 5.47. The molecule has 0 heterocycles. The van der Waals surface area contributed by atoms with Gasteiger partial charge in [0.05, 0.1) is 5.69 Å². The maximum absolute atomic E-state index is 5.89. The minimum Gasteiger partial charge on any atom is -0.335 e. The summed E-state index contributed by atoms with van der Waals surface area (Å²) in [6.45, 7) is 2.14. The average molecular weight is 433 g/mol. The Morgan fingerprint density at radius 1 is 1.14 bits per heavy atom. The molecule has 1 N–H and O–H groups in total. The first-order valence-electron chi connectivity index (χ1n) is 6.46. The van der Waals surface area contributed by atoms with Gasteiger partial charge in [-0.3, -0.25) is 0 Å². The number of aryl methyl sites for hydroxylation is 1. The lowest BCUT2D eigenvalue weighted by Gasteiger charge is -2.09. The van der Waals surface area contributed by atoms with E-state index in [0.717, 1.165) is 28.0 Å². The van der Waals surface area contributed by atoms with Crippen molar-refractivity contribution in [1.82, 2.24) is 0 Å². The maximum Gasteiger partial charge on any atom is 0.165 e. The van der Waals surface area contributed by atoms with E-state index >= 15 is 0 Å². The van der Waals surface area contributed by atoms with E-state index in [0.29, 0.717) is 0 Å². The van der Waals surface area contributed by atoms with Gasteiger partial charge in [-0.25, -0.2) is 4.99 Å². The third kappa shape index (κ3) is 5.52. The summed E-state index contributed by atoms with van der Waals surface area (Å²) in [6, 6.07) is 15.8. The molecular weight excluding hydrogens is 415 g/mol. The van der Waals surface area contributed by atoms with E-state index in [1.54, 1.807) is 11.8 Å². The summed E-state index contributed by atoms with van der Waals surface area (Å²) in [4.78, 5) is 4.70. The summed E-state index contributed by atoms with van der Waals surface area (Å²) >= 11 is 7.48. The molecule has 0 atom stereocenters. The fourth-order valence-electron chi connectivity index (χ4n) is 1.81. The van der Waals surface area contributed by atoms with Crippen LogP contribution < -0.4 is 5.32 Å². The minimum atomic E-state index is 0. The summed E-state index contributed by atoms with van der Waals surface area (Å²) in [6.07, 6.45) is 2.98. The third-order valence-electron chi connectivity index (χ3n) is 2.88. The van der Waals surface area contributed by atoms with E-state index in [4.69, 9.17) is 16.6 Å². The lowest BCUT2D eigenvalue weighted by molar-refractivity contribution is 1.13. The van der Waals surface area contributed by atoms with Crippen molar-refractivity contribution in [2.75, 3.05) is 11.6 Å². The highest BCUT2D eigenvalue weighted by Gasteiger charge is 2.02. The van der Waals surface area contributed by atoms with Crippen molar-refractivity contribution < 1.29 is 0 Å². The maximum atomic E-state index is 5.89. The number of hydrogen-bond acceptors (Lipinski definition) is 2. The summed E-state index contributed by atoms with van der Waals surface area (Å²) < 4.78 is 0. The van der Waals surface area contributed by atoms with Crippen molar-refractivity contribution >= 4 is 63.9 Å². The number of halogens is 2. The number of rotatable bonds is 3. The lowest BCUT2D eigenvalue weighted by atomic mass is 10.1. The zero-order chi connectivity index (χ0) is 14.4. The number of anilines is 1. The van der Waals surface area contributed by atoms with Gasteiger partial charge >= 0.3 is 0 Å². The van der Waals surface area contributed by atoms with Gasteiger partial charge < -0.3 is 5.32 Å². The van der Waals surface area contributed by atoms with E-state index < -0.39 is 0 Å². The summed E-state index contributed by atoms with van der Waals surface area (Å²) in [7, 11) is 0. The lowest BCUT2D eigenvalue weighted by Crippen LogP contribution is -2.06. The van der Waals surface area contributed by atoms with Gasteiger partial charge in [0.1, 0.15) is 0 Å². The van der Waals surface area contributed by atoms with E-state index in [9.17, 15) is 0 Å². The molecule has 0 bridgehead atoms. The van der Waals surface area contributed by atoms with Crippen LogP contribution in [0.4, 0.5) is 11.4 Å². The van der Waals surface area contributed by atoms with Crippen molar-refractivity contribution in [2.45, 2.75) is 13.3 Å². The Hall–Kier alpha value is -0.720. The molecule has 2 nitrogen and oxygen atoms in total. The normalized spacial score (nSPS) is 10.9. The van der Waals surface area contributed by atoms with Crippen LogP contribution in [0.25, 0.3) is 0 Å². The van der Waals surface area contributed by atoms with Gasteiger partial charge in [0.25, 0.3) is 0 Å². The summed E-state index contributed by atoms with van der Waals surface area (Å²) in [5.74, 6) is 0. The summed E-state index contributed by atoms with van der Waals surface area (Å²) in [5, 5.41) is 4.91. The van der Waals surface area contributed by atoms with Gasteiger partial charge in [0.2, 0.25) is 0 Å². The number of para-hydroxylation sites is 1. The van der Waals surface area contributed by atoms with Gasteiger partial charge in [-0.1, -0.05) is 48.5 Å². The Kier molecular flexibility index (Phi) is 8.14. The highest BCUT2D eigenvalue weighted by molar-refractivity contribution is 14.0. The molecule has 0 fully saturated rings. The van der Waals surface area contributed by atoms with E-state index in [-0.39, 0.29) is 24.0 Å². The van der Waals surface area contributed by atoms with Gasteiger partial charge in [-0.15, -0.1) is 24.0 Å². The highest BCUT2D eigenvalue weighted by atomic mass is 127. The Labute approximate surface area is 152 Å². The molecule has 0 amide bonds. The minimum absolute atomic E-state index is 0. The van der Waals surface area contributed by atoms with Crippen LogP contribution in [0.15, 0.2) is 53.5 Å². The second kappa shape index (κ2) is 9.33. The molecule has 0 saturated heterocycles. The molecule has 21 heavy (non-hydrogen) atoms. The van der Waals surface area contributed by atoms with Crippen molar-refractivity contribution in [2.24, 2.45) is 4.99 Å². The number of benzene rings is 2. The molecule has 0 unspecified atom stereocenters. The SMILES string of the molecule is CCc1ccccc1N=C(Nc1ccc(Cl)cc1)SC.I. The predicted molar refractivity (Wildman–Crippen MR) is 107 cm³/mol. The molecule has 2 aromatic carbocycles. The summed E-state index contributed by atoms with van der Waals surface area (Å²) in [5.41, 5.74) is 3.24. The molecule has 112 valence electrons. The van der Waals surface area contributed by atoms with Crippen LogP contribution in [0.2, 0.25) is 5.02 Å². The molecular formula is C16H18ClIN2S. The molecule has 5 heteroatoms. The smallest absolute Gasteiger partial charge is 0.165 e. The molecule has 2 aromatic rings. The first-order valence-corrected chi connectivity index (χ1v) is 8.06. The fourth-order valence-corrected chi connectivity index (χ4v) is 2.35. The van der Waals surface area contributed by atoms with Crippen molar-refractivity contribution in [1.29, 1.82) is 0 Å². The average Bonchev–Trinajstić information content (AvgIpc) is 2.49. The quantitative estimate of drug-likeness (QED) is 0.366. The van der Waals surface area contributed by atoms with E-state index in [1.807, 2.05) is 48.7 Å². The highest BCUT2D eigenvalue weighted by Crippen LogP contribution is 2.22. The number of nitrogens with one attached hydrogen (secondary N) is 1. The fraction of sp³-hybridized carbons (Fsp3) is 0.188. The second-order valence-electron chi connectivity index (χ2n) is 4.24. The zero-order valence-corrected chi connectivity index (χ0v) is 15.9. The van der Waals surface area contributed by atoms with Crippen LogP contribution in [-0.4, -0.2) is 11.4 Å². The van der Waals surface area contributed by atoms with Crippen molar-refractivity contribution in [3.63, 3.8) is 0 Å². The van der Waals surface area contributed by atoms with E-state index in [1.165, 1.54) is 5.56 Å². The Balaban J connectivity index is 0.00000220. The standard InChI is InChI=1S/C16H17ClN2S.HI/c1-3-12-6-4-5-7-15(12)19-16(20-2)18-14-10-8-13(17)9-11-14;/h4-11H,3H2,1-2H3,(H,18,19);1H. The van der Waals surface area contributed by atoms with Gasteiger partial charge in [-0.05, 0) is 48.6 Å². The van der Waals surface area contributed by atoms with Crippen LogP contribution in [-0.2, 0) is 6.42 Å². The van der Waals surface area contributed by atoms with Gasteiger partial charge in [-0.2, -0.15) is 0 Å². The number of amidine groups is 1. The van der Waals surface area contributed by atoms with Gasteiger partial charge in [0.15, 0.2) is 5.17 Å². The Morgan fingerprint density at radius 2 is 1.81 bits per heavy atom. The molecule has 2 rings (SSSR count). The first-order chi connectivity index (χ1) is 9.72. The van der Waals surface area contributed by atoms with Crippen LogP contribution in [0.5, 0.6) is 0 Å². The molecule has 0 spiro atoms. The Bertz CT molecular complexity index is 599. The molecule has 0 aliphatic rings. The van der Waals surface area contributed by atoms with E-state index in [2.05, 4.69) is 18.3 Å².